The number of hydrogen-bond acceptors (Lipinski definition) is 2. The second-order valence-electron chi connectivity index (χ2n) is 4.34. The van der Waals surface area contributed by atoms with Crippen LogP contribution in [0.5, 0.6) is 0 Å². The maximum Gasteiger partial charge on any atom is 0.229 e. The predicted molar refractivity (Wildman–Crippen MR) is 71.5 cm³/mol. The van der Waals surface area contributed by atoms with Gasteiger partial charge in [0.1, 0.15) is 5.82 Å². The van der Waals surface area contributed by atoms with Crippen LogP contribution in [0.25, 0.3) is 0 Å². The number of amides is 1. The third-order valence-corrected chi connectivity index (χ3v) is 2.81. The first-order valence-electron chi connectivity index (χ1n) is 6.06. The van der Waals surface area contributed by atoms with Gasteiger partial charge in [-0.1, -0.05) is 36.8 Å². The highest BCUT2D eigenvalue weighted by Gasteiger charge is 2.08. The fourth-order valence-electron chi connectivity index (χ4n) is 1.88. The topological polar surface area (TPSA) is 57.8 Å². The summed E-state index contributed by atoms with van der Waals surface area (Å²) < 4.78 is 0. The van der Waals surface area contributed by atoms with Gasteiger partial charge in [0.25, 0.3) is 0 Å². The van der Waals surface area contributed by atoms with Gasteiger partial charge in [0, 0.05) is 5.56 Å². The maximum absolute atomic E-state index is 11.9. The lowest BCUT2D eigenvalue weighted by molar-refractivity contribution is -0.115. The van der Waals surface area contributed by atoms with Gasteiger partial charge in [-0.2, -0.15) is 5.10 Å². The lowest BCUT2D eigenvalue weighted by atomic mass is 10.1. The van der Waals surface area contributed by atoms with Crippen molar-refractivity contribution in [2.45, 2.75) is 26.7 Å². The number of carbonyl (C=O) groups is 1. The largest absolute Gasteiger partial charge is 0.311 e. The van der Waals surface area contributed by atoms with Gasteiger partial charge in [0.05, 0.1) is 12.6 Å². The fraction of sp³-hybridized carbons (Fsp3) is 0.286. The number of nitrogens with one attached hydrogen (secondary N) is 2. The molecule has 1 aromatic carbocycles. The normalized spacial score (nSPS) is 10.3. The third kappa shape index (κ3) is 2.97. The molecule has 2 N–H and O–H groups in total. The zero-order chi connectivity index (χ0) is 13.0. The molecule has 0 saturated heterocycles. The molecule has 18 heavy (non-hydrogen) atoms. The minimum atomic E-state index is -0.0282. The van der Waals surface area contributed by atoms with Crippen LogP contribution in [-0.2, 0) is 17.6 Å². The molecule has 0 unspecified atom stereocenters. The zero-order valence-electron chi connectivity index (χ0n) is 10.7. The number of benzene rings is 1. The van der Waals surface area contributed by atoms with Crippen LogP contribution in [-0.4, -0.2) is 16.1 Å². The van der Waals surface area contributed by atoms with Gasteiger partial charge in [-0.05, 0) is 18.9 Å². The van der Waals surface area contributed by atoms with Crippen LogP contribution in [0.15, 0.2) is 30.5 Å². The van der Waals surface area contributed by atoms with E-state index in [4.69, 9.17) is 0 Å². The Morgan fingerprint density at radius 2 is 2.28 bits per heavy atom. The van der Waals surface area contributed by atoms with Gasteiger partial charge in [0.2, 0.25) is 5.91 Å². The Morgan fingerprint density at radius 3 is 3.00 bits per heavy atom. The number of nitrogens with zero attached hydrogens (tertiary/aromatic N) is 1. The Labute approximate surface area is 106 Å². The lowest BCUT2D eigenvalue weighted by Crippen LogP contribution is -2.15. The van der Waals surface area contributed by atoms with Crippen LogP contribution < -0.4 is 5.32 Å². The summed E-state index contributed by atoms with van der Waals surface area (Å²) in [5, 5.41) is 9.58. The molecule has 94 valence electrons. The van der Waals surface area contributed by atoms with Crippen molar-refractivity contribution in [2.75, 3.05) is 5.32 Å². The monoisotopic (exact) mass is 243 g/mol. The van der Waals surface area contributed by atoms with E-state index in [0.717, 1.165) is 23.1 Å². The van der Waals surface area contributed by atoms with Gasteiger partial charge < -0.3 is 5.32 Å². The Hall–Kier alpha value is -2.10. The van der Waals surface area contributed by atoms with Crippen molar-refractivity contribution >= 4 is 11.7 Å². The standard InChI is InChI=1S/C14H17N3O/c1-3-12-9-15-17-14(12)16-13(18)8-11-6-4-5-10(2)7-11/h4-7,9H,3,8H2,1-2H3,(H2,15,16,17,18). The summed E-state index contributed by atoms with van der Waals surface area (Å²) in [7, 11) is 0. The number of aromatic nitrogens is 2. The van der Waals surface area contributed by atoms with Gasteiger partial charge >= 0.3 is 0 Å². The number of aryl methyl sites for hydroxylation is 2. The van der Waals surface area contributed by atoms with Crippen molar-refractivity contribution in [3.8, 4) is 0 Å². The molecule has 0 spiro atoms. The third-order valence-electron chi connectivity index (χ3n) is 2.81. The molecule has 0 aliphatic carbocycles. The van der Waals surface area contributed by atoms with Crippen molar-refractivity contribution in [1.82, 2.24) is 10.2 Å². The quantitative estimate of drug-likeness (QED) is 0.866. The van der Waals surface area contributed by atoms with E-state index in [9.17, 15) is 4.79 Å². The average molecular weight is 243 g/mol. The minimum Gasteiger partial charge on any atom is -0.311 e. The van der Waals surface area contributed by atoms with E-state index in [0.29, 0.717) is 12.2 Å². The van der Waals surface area contributed by atoms with E-state index in [1.54, 1.807) is 6.20 Å². The highest BCUT2D eigenvalue weighted by Crippen LogP contribution is 2.12. The first kappa shape index (κ1) is 12.4. The van der Waals surface area contributed by atoms with Crippen molar-refractivity contribution in [2.24, 2.45) is 0 Å². The van der Waals surface area contributed by atoms with Crippen LogP contribution >= 0.6 is 0 Å². The molecule has 1 heterocycles. The molecule has 0 aliphatic heterocycles. The van der Waals surface area contributed by atoms with E-state index in [1.165, 1.54) is 0 Å². The van der Waals surface area contributed by atoms with E-state index < -0.39 is 0 Å². The number of aromatic amines is 1. The van der Waals surface area contributed by atoms with Gasteiger partial charge in [-0.25, -0.2) is 0 Å². The van der Waals surface area contributed by atoms with Crippen molar-refractivity contribution in [3.63, 3.8) is 0 Å². The molecule has 0 aliphatic rings. The van der Waals surface area contributed by atoms with E-state index in [2.05, 4.69) is 15.5 Å². The van der Waals surface area contributed by atoms with Crippen LogP contribution in [0.1, 0.15) is 23.6 Å². The summed E-state index contributed by atoms with van der Waals surface area (Å²) >= 11 is 0. The van der Waals surface area contributed by atoms with E-state index >= 15 is 0 Å². The molecular weight excluding hydrogens is 226 g/mol. The highest BCUT2D eigenvalue weighted by molar-refractivity contribution is 5.91. The molecule has 0 fully saturated rings. The molecule has 4 heteroatoms. The van der Waals surface area contributed by atoms with Crippen LogP contribution in [0, 0.1) is 6.92 Å². The molecule has 0 saturated carbocycles. The molecule has 0 radical (unpaired) electrons. The Kier molecular flexibility index (Phi) is 3.77. The lowest BCUT2D eigenvalue weighted by Gasteiger charge is -2.05. The first-order chi connectivity index (χ1) is 8.69. The van der Waals surface area contributed by atoms with E-state index in [-0.39, 0.29) is 5.91 Å². The van der Waals surface area contributed by atoms with Crippen molar-refractivity contribution in [1.29, 1.82) is 0 Å². The van der Waals surface area contributed by atoms with Gasteiger partial charge in [-0.3, -0.25) is 9.89 Å². The first-order valence-corrected chi connectivity index (χ1v) is 6.06. The summed E-state index contributed by atoms with van der Waals surface area (Å²) in [4.78, 5) is 11.9. The van der Waals surface area contributed by atoms with Crippen molar-refractivity contribution < 1.29 is 4.79 Å². The highest BCUT2D eigenvalue weighted by atomic mass is 16.1. The predicted octanol–water partition coefficient (Wildman–Crippen LogP) is 2.46. The van der Waals surface area contributed by atoms with Crippen LogP contribution in [0.3, 0.4) is 0 Å². The number of H-pyrrole nitrogens is 1. The SMILES string of the molecule is CCc1cn[nH]c1NC(=O)Cc1cccc(C)c1. The number of rotatable bonds is 4. The number of carbonyl (C=O) groups excluding carboxylic acids is 1. The second kappa shape index (κ2) is 5.49. The van der Waals surface area contributed by atoms with Crippen LogP contribution in [0.4, 0.5) is 5.82 Å². The van der Waals surface area contributed by atoms with Crippen LogP contribution in [0.2, 0.25) is 0 Å². The number of anilines is 1. The molecule has 2 rings (SSSR count). The molecule has 4 nitrogen and oxygen atoms in total. The minimum absolute atomic E-state index is 0.0282. The number of hydrogen-bond donors (Lipinski definition) is 2. The zero-order valence-corrected chi connectivity index (χ0v) is 10.7. The molecule has 0 bridgehead atoms. The summed E-state index contributed by atoms with van der Waals surface area (Å²) in [5.41, 5.74) is 3.20. The summed E-state index contributed by atoms with van der Waals surface area (Å²) in [6.45, 7) is 4.05. The molecule has 1 amide bonds. The Morgan fingerprint density at radius 1 is 1.44 bits per heavy atom. The smallest absolute Gasteiger partial charge is 0.229 e. The molecule has 2 aromatic rings. The Balaban J connectivity index is 2.01. The molecule has 1 aromatic heterocycles. The van der Waals surface area contributed by atoms with Gasteiger partial charge in [-0.15, -0.1) is 0 Å². The fourth-order valence-corrected chi connectivity index (χ4v) is 1.88. The average Bonchev–Trinajstić information content (AvgIpc) is 2.76. The molecule has 0 atom stereocenters. The van der Waals surface area contributed by atoms with Crippen molar-refractivity contribution in [3.05, 3.63) is 47.2 Å². The van der Waals surface area contributed by atoms with E-state index in [1.807, 2.05) is 38.1 Å². The maximum atomic E-state index is 11.9. The van der Waals surface area contributed by atoms with Gasteiger partial charge in [0.15, 0.2) is 0 Å². The summed E-state index contributed by atoms with van der Waals surface area (Å²) in [5.74, 6) is 0.676. The Bertz CT molecular complexity index is 545. The summed E-state index contributed by atoms with van der Waals surface area (Å²) in [6.07, 6.45) is 2.96. The second-order valence-corrected chi connectivity index (χ2v) is 4.34. The summed E-state index contributed by atoms with van der Waals surface area (Å²) in [6, 6.07) is 7.96. The molecular formula is C14H17N3O.